The van der Waals surface area contributed by atoms with Crippen molar-refractivity contribution >= 4 is 16.7 Å². The maximum atomic E-state index is 10.7. The first kappa shape index (κ1) is 11.6. The molecule has 0 bridgehead atoms. The molecule has 0 aromatic heterocycles. The Kier molecular flexibility index (Phi) is 3.40. The van der Waals surface area contributed by atoms with Gasteiger partial charge in [-0.1, -0.05) is 42.5 Å². The van der Waals surface area contributed by atoms with Gasteiger partial charge in [-0.25, -0.2) is 4.79 Å². The number of carbonyl (C=O) groups is 1. The predicted molar refractivity (Wildman–Crippen MR) is 65.8 cm³/mol. The number of carboxylic acid groups (broad SMARTS) is 1. The van der Waals surface area contributed by atoms with Crippen LogP contribution in [0, 0.1) is 0 Å². The van der Waals surface area contributed by atoms with Gasteiger partial charge in [0.2, 0.25) is 0 Å². The summed E-state index contributed by atoms with van der Waals surface area (Å²) >= 11 is 0. The molecule has 1 N–H and O–H groups in total. The summed E-state index contributed by atoms with van der Waals surface area (Å²) in [6, 6.07) is 13.9. The Morgan fingerprint density at radius 3 is 2.71 bits per heavy atom. The fraction of sp³-hybridized carbons (Fsp3) is 0.214. The normalized spacial score (nSPS) is 12.5. The fourth-order valence-electron chi connectivity index (χ4n) is 1.70. The smallest absolute Gasteiger partial charge is 0.332 e. The predicted octanol–water partition coefficient (Wildman–Crippen LogP) is 2.83. The van der Waals surface area contributed by atoms with E-state index in [1.54, 1.807) is 0 Å². The van der Waals surface area contributed by atoms with Crippen molar-refractivity contribution in [3.8, 4) is 0 Å². The van der Waals surface area contributed by atoms with Crippen molar-refractivity contribution in [2.45, 2.75) is 19.6 Å². The minimum Gasteiger partial charge on any atom is -0.479 e. The molecule has 0 amide bonds. The van der Waals surface area contributed by atoms with Crippen LogP contribution in [0.15, 0.2) is 42.5 Å². The molecule has 0 heterocycles. The summed E-state index contributed by atoms with van der Waals surface area (Å²) in [7, 11) is 0. The molecule has 0 saturated carbocycles. The summed E-state index contributed by atoms with van der Waals surface area (Å²) in [4.78, 5) is 10.7. The second-order valence-electron chi connectivity index (χ2n) is 3.93. The zero-order valence-electron chi connectivity index (χ0n) is 9.59. The number of rotatable bonds is 4. The Bertz CT molecular complexity index is 528. The van der Waals surface area contributed by atoms with Gasteiger partial charge in [0.05, 0.1) is 6.61 Å². The quantitative estimate of drug-likeness (QED) is 0.878. The third-order valence-corrected chi connectivity index (χ3v) is 2.72. The molecule has 0 radical (unpaired) electrons. The Balaban J connectivity index is 2.21. The SMILES string of the molecule is CC(OCc1cccc2ccccc12)C(=O)O. The Morgan fingerprint density at radius 1 is 1.24 bits per heavy atom. The zero-order valence-corrected chi connectivity index (χ0v) is 9.59. The van der Waals surface area contributed by atoms with E-state index in [9.17, 15) is 4.79 Å². The minimum absolute atomic E-state index is 0.314. The van der Waals surface area contributed by atoms with Crippen LogP contribution >= 0.6 is 0 Å². The standard InChI is InChI=1S/C14H14O3/c1-10(14(15)16)17-9-12-7-4-6-11-5-2-3-8-13(11)12/h2-8,10H,9H2,1H3,(H,15,16). The van der Waals surface area contributed by atoms with Crippen molar-refractivity contribution < 1.29 is 14.6 Å². The highest BCUT2D eigenvalue weighted by Crippen LogP contribution is 2.19. The molecular weight excluding hydrogens is 216 g/mol. The minimum atomic E-state index is -0.940. The summed E-state index contributed by atoms with van der Waals surface area (Å²) in [6.45, 7) is 1.85. The van der Waals surface area contributed by atoms with Crippen LogP contribution in [0.4, 0.5) is 0 Å². The maximum absolute atomic E-state index is 10.7. The van der Waals surface area contributed by atoms with E-state index in [2.05, 4.69) is 0 Å². The lowest BCUT2D eigenvalue weighted by molar-refractivity contribution is -0.149. The van der Waals surface area contributed by atoms with E-state index < -0.39 is 12.1 Å². The van der Waals surface area contributed by atoms with E-state index in [-0.39, 0.29) is 0 Å². The average Bonchev–Trinajstić information content (AvgIpc) is 2.35. The summed E-state index contributed by atoms with van der Waals surface area (Å²) in [5.41, 5.74) is 1.01. The zero-order chi connectivity index (χ0) is 12.3. The van der Waals surface area contributed by atoms with Crippen LogP contribution in [0.1, 0.15) is 12.5 Å². The van der Waals surface area contributed by atoms with Gasteiger partial charge < -0.3 is 9.84 Å². The molecule has 0 aliphatic heterocycles. The van der Waals surface area contributed by atoms with Crippen molar-refractivity contribution in [3.05, 3.63) is 48.0 Å². The third kappa shape index (κ3) is 2.63. The highest BCUT2D eigenvalue weighted by molar-refractivity contribution is 5.85. The maximum Gasteiger partial charge on any atom is 0.332 e. The fourth-order valence-corrected chi connectivity index (χ4v) is 1.70. The number of aliphatic carboxylic acids is 1. The molecule has 2 rings (SSSR count). The van der Waals surface area contributed by atoms with E-state index in [4.69, 9.17) is 9.84 Å². The van der Waals surface area contributed by atoms with Crippen LogP contribution in [0.5, 0.6) is 0 Å². The van der Waals surface area contributed by atoms with Crippen molar-refractivity contribution in [1.82, 2.24) is 0 Å². The van der Waals surface area contributed by atoms with Gasteiger partial charge in [-0.05, 0) is 23.3 Å². The van der Waals surface area contributed by atoms with Gasteiger partial charge in [-0.15, -0.1) is 0 Å². The first-order valence-electron chi connectivity index (χ1n) is 5.49. The van der Waals surface area contributed by atoms with Crippen molar-refractivity contribution in [2.24, 2.45) is 0 Å². The molecule has 2 aromatic rings. The number of hydrogen-bond donors (Lipinski definition) is 1. The van der Waals surface area contributed by atoms with Gasteiger partial charge in [0, 0.05) is 0 Å². The largest absolute Gasteiger partial charge is 0.479 e. The first-order chi connectivity index (χ1) is 8.18. The number of benzene rings is 2. The molecule has 0 aliphatic rings. The first-order valence-corrected chi connectivity index (χ1v) is 5.49. The molecular formula is C14H14O3. The van der Waals surface area contributed by atoms with Crippen LogP contribution in [-0.2, 0) is 16.1 Å². The average molecular weight is 230 g/mol. The molecule has 1 unspecified atom stereocenters. The Hall–Kier alpha value is -1.87. The van der Waals surface area contributed by atoms with E-state index in [0.717, 1.165) is 16.3 Å². The molecule has 3 heteroatoms. The number of hydrogen-bond acceptors (Lipinski definition) is 2. The molecule has 1 atom stereocenters. The molecule has 2 aromatic carbocycles. The lowest BCUT2D eigenvalue weighted by Gasteiger charge is -2.10. The monoisotopic (exact) mass is 230 g/mol. The highest BCUT2D eigenvalue weighted by atomic mass is 16.5. The van der Waals surface area contributed by atoms with Crippen LogP contribution in [0.25, 0.3) is 10.8 Å². The van der Waals surface area contributed by atoms with Gasteiger partial charge >= 0.3 is 5.97 Å². The summed E-state index contributed by atoms with van der Waals surface area (Å²) < 4.78 is 5.30. The molecule has 17 heavy (non-hydrogen) atoms. The van der Waals surface area contributed by atoms with Crippen molar-refractivity contribution in [3.63, 3.8) is 0 Å². The van der Waals surface area contributed by atoms with Crippen LogP contribution in [-0.4, -0.2) is 17.2 Å². The molecule has 0 aliphatic carbocycles. The molecule has 0 saturated heterocycles. The van der Waals surface area contributed by atoms with Crippen LogP contribution in [0.3, 0.4) is 0 Å². The van der Waals surface area contributed by atoms with Crippen molar-refractivity contribution in [2.75, 3.05) is 0 Å². The Morgan fingerprint density at radius 2 is 1.94 bits per heavy atom. The summed E-state index contributed by atoms with van der Waals surface area (Å²) in [5.74, 6) is -0.940. The number of carboxylic acids is 1. The van der Waals surface area contributed by atoms with Gasteiger partial charge in [0.1, 0.15) is 0 Å². The molecule has 0 fully saturated rings. The second kappa shape index (κ2) is 4.97. The van der Waals surface area contributed by atoms with E-state index >= 15 is 0 Å². The van der Waals surface area contributed by atoms with Crippen LogP contribution in [0.2, 0.25) is 0 Å². The number of ether oxygens (including phenoxy) is 1. The van der Waals surface area contributed by atoms with Gasteiger partial charge in [-0.3, -0.25) is 0 Å². The lowest BCUT2D eigenvalue weighted by atomic mass is 10.1. The lowest BCUT2D eigenvalue weighted by Crippen LogP contribution is -2.19. The van der Waals surface area contributed by atoms with Crippen LogP contribution < -0.4 is 0 Å². The van der Waals surface area contributed by atoms with E-state index in [0.29, 0.717) is 6.61 Å². The third-order valence-electron chi connectivity index (χ3n) is 2.72. The number of fused-ring (bicyclic) bond motifs is 1. The van der Waals surface area contributed by atoms with E-state index in [1.807, 2.05) is 42.5 Å². The van der Waals surface area contributed by atoms with Gasteiger partial charge in [-0.2, -0.15) is 0 Å². The Labute approximate surface area is 99.6 Å². The highest BCUT2D eigenvalue weighted by Gasteiger charge is 2.11. The molecule has 88 valence electrons. The topological polar surface area (TPSA) is 46.5 Å². The van der Waals surface area contributed by atoms with Crippen molar-refractivity contribution in [1.29, 1.82) is 0 Å². The second-order valence-corrected chi connectivity index (χ2v) is 3.93. The molecule has 3 nitrogen and oxygen atoms in total. The van der Waals surface area contributed by atoms with Gasteiger partial charge in [0.25, 0.3) is 0 Å². The summed E-state index contributed by atoms with van der Waals surface area (Å²) in [6.07, 6.45) is -0.783. The molecule has 0 spiro atoms. The summed E-state index contributed by atoms with van der Waals surface area (Å²) in [5, 5.41) is 11.0. The van der Waals surface area contributed by atoms with Gasteiger partial charge in [0.15, 0.2) is 6.10 Å². The van der Waals surface area contributed by atoms with E-state index in [1.165, 1.54) is 6.92 Å².